The van der Waals surface area contributed by atoms with Gasteiger partial charge < -0.3 is 14.2 Å². The van der Waals surface area contributed by atoms with Crippen LogP contribution in [0.4, 0.5) is 5.69 Å². The van der Waals surface area contributed by atoms with Gasteiger partial charge in [-0.2, -0.15) is 0 Å². The predicted octanol–water partition coefficient (Wildman–Crippen LogP) is 1.24. The Morgan fingerprint density at radius 3 is 2.04 bits per heavy atom. The second kappa shape index (κ2) is 8.54. The Hall–Kier alpha value is -3.38. The van der Waals surface area contributed by atoms with Crippen molar-refractivity contribution in [2.75, 3.05) is 21.3 Å². The van der Waals surface area contributed by atoms with Crippen LogP contribution in [0, 0.1) is 10.1 Å². The molecule has 0 unspecified atom stereocenters. The lowest BCUT2D eigenvalue weighted by Gasteiger charge is -2.11. The molecule has 0 aromatic heterocycles. The Labute approximate surface area is 160 Å². The molecule has 0 aliphatic rings. The van der Waals surface area contributed by atoms with E-state index in [0.717, 1.165) is 12.1 Å². The zero-order valence-corrected chi connectivity index (χ0v) is 15.9. The van der Waals surface area contributed by atoms with Gasteiger partial charge >= 0.3 is 0 Å². The van der Waals surface area contributed by atoms with E-state index in [9.17, 15) is 23.3 Å². The molecule has 2 aromatic rings. The summed E-state index contributed by atoms with van der Waals surface area (Å²) in [5.41, 5.74) is 1.33. The maximum Gasteiger partial charge on any atom is 0.293 e. The molecule has 2 N–H and O–H groups in total. The molecule has 0 aliphatic carbocycles. The molecule has 2 aromatic carbocycles. The summed E-state index contributed by atoms with van der Waals surface area (Å²) in [7, 11) is -0.370. The van der Waals surface area contributed by atoms with Crippen molar-refractivity contribution in [3.63, 3.8) is 0 Å². The van der Waals surface area contributed by atoms with E-state index in [0.29, 0.717) is 11.5 Å². The number of nitrogens with zero attached hydrogens (tertiary/aromatic N) is 1. The summed E-state index contributed by atoms with van der Waals surface area (Å²) in [6, 6.07) is 7.46. The molecule has 0 heterocycles. The summed E-state index contributed by atoms with van der Waals surface area (Å²) in [5.74, 6) is -0.0774. The number of rotatable bonds is 8. The van der Waals surface area contributed by atoms with Gasteiger partial charge in [0.25, 0.3) is 21.6 Å². The molecular weight excluding hydrogens is 394 g/mol. The van der Waals surface area contributed by atoms with E-state index in [-0.39, 0.29) is 11.3 Å². The van der Waals surface area contributed by atoms with Gasteiger partial charge in [0.15, 0.2) is 4.90 Å². The van der Waals surface area contributed by atoms with Crippen molar-refractivity contribution < 1.29 is 32.3 Å². The second-order valence-electron chi connectivity index (χ2n) is 5.25. The Kier molecular flexibility index (Phi) is 6.38. The Morgan fingerprint density at radius 2 is 1.54 bits per heavy atom. The molecule has 12 heteroatoms. The van der Waals surface area contributed by atoms with Gasteiger partial charge in [0.1, 0.15) is 17.2 Å². The van der Waals surface area contributed by atoms with Crippen LogP contribution in [0.3, 0.4) is 0 Å². The molecule has 0 fully saturated rings. The number of ether oxygens (including phenoxy) is 3. The highest BCUT2D eigenvalue weighted by molar-refractivity contribution is 7.89. The van der Waals surface area contributed by atoms with Crippen molar-refractivity contribution >= 4 is 21.6 Å². The Morgan fingerprint density at radius 1 is 0.964 bits per heavy atom. The number of hydrazine groups is 1. The van der Waals surface area contributed by atoms with E-state index in [1.54, 1.807) is 0 Å². The van der Waals surface area contributed by atoms with Crippen LogP contribution in [0.1, 0.15) is 10.4 Å². The minimum absolute atomic E-state index is 0.0446. The highest BCUT2D eigenvalue weighted by atomic mass is 32.2. The van der Waals surface area contributed by atoms with Gasteiger partial charge in [0.2, 0.25) is 0 Å². The van der Waals surface area contributed by atoms with Gasteiger partial charge in [-0.25, -0.2) is 8.42 Å². The molecule has 2 rings (SSSR count). The van der Waals surface area contributed by atoms with Crippen LogP contribution < -0.4 is 24.5 Å². The van der Waals surface area contributed by atoms with Gasteiger partial charge in [0, 0.05) is 11.6 Å². The van der Waals surface area contributed by atoms with Gasteiger partial charge in [0.05, 0.1) is 32.3 Å². The van der Waals surface area contributed by atoms with Crippen molar-refractivity contribution in [2.24, 2.45) is 0 Å². The highest BCUT2D eigenvalue weighted by Gasteiger charge is 2.27. The summed E-state index contributed by atoms with van der Waals surface area (Å²) in [5, 5.41) is 11.2. The van der Waals surface area contributed by atoms with Gasteiger partial charge in [-0.1, -0.05) is 0 Å². The summed E-state index contributed by atoms with van der Waals surface area (Å²) in [6.07, 6.45) is 0. The first kappa shape index (κ1) is 20.9. The minimum Gasteiger partial charge on any atom is -0.497 e. The summed E-state index contributed by atoms with van der Waals surface area (Å²) >= 11 is 0. The molecule has 1 amide bonds. The fraction of sp³-hybridized carbons (Fsp3) is 0.188. The number of benzene rings is 2. The quantitative estimate of drug-likeness (QED) is 0.487. The largest absolute Gasteiger partial charge is 0.497 e. The molecule has 0 saturated carbocycles. The van der Waals surface area contributed by atoms with Crippen LogP contribution in [-0.2, 0) is 10.0 Å². The van der Waals surface area contributed by atoms with Crippen LogP contribution in [0.5, 0.6) is 17.2 Å². The Bertz CT molecular complexity index is 985. The first-order valence-electron chi connectivity index (χ1n) is 7.59. The second-order valence-corrected chi connectivity index (χ2v) is 6.90. The lowest BCUT2D eigenvalue weighted by Crippen LogP contribution is -2.41. The van der Waals surface area contributed by atoms with E-state index in [1.807, 2.05) is 10.3 Å². The van der Waals surface area contributed by atoms with Crippen LogP contribution >= 0.6 is 0 Å². The zero-order chi connectivity index (χ0) is 20.9. The number of amides is 1. The number of nitrogens with one attached hydrogen (secondary N) is 2. The predicted molar refractivity (Wildman–Crippen MR) is 97.0 cm³/mol. The van der Waals surface area contributed by atoms with Crippen molar-refractivity contribution in [2.45, 2.75) is 4.90 Å². The fourth-order valence-electron chi connectivity index (χ4n) is 2.17. The summed E-state index contributed by atoms with van der Waals surface area (Å²) < 4.78 is 39.8. The fourth-order valence-corrected chi connectivity index (χ4v) is 3.17. The molecule has 150 valence electrons. The molecule has 28 heavy (non-hydrogen) atoms. The molecule has 0 atom stereocenters. The number of nitro groups is 1. The van der Waals surface area contributed by atoms with Crippen LogP contribution in [-0.4, -0.2) is 40.6 Å². The molecular formula is C16H17N3O8S. The normalized spacial score (nSPS) is 10.8. The van der Waals surface area contributed by atoms with E-state index in [1.165, 1.54) is 45.6 Å². The third-order valence-electron chi connectivity index (χ3n) is 3.56. The van der Waals surface area contributed by atoms with Gasteiger partial charge in [-0.15, -0.1) is 4.83 Å². The highest BCUT2D eigenvalue weighted by Crippen LogP contribution is 2.28. The van der Waals surface area contributed by atoms with Crippen molar-refractivity contribution in [3.05, 3.63) is 52.1 Å². The standard InChI is InChI=1S/C16H17N3O8S/c1-25-11-4-5-15(14(9-11)19(21)22)28(23,24)18-17-16(20)10-6-12(26-2)8-13(7-10)27-3/h4-9,18H,1-3H3,(H,17,20). The molecule has 0 saturated heterocycles. The van der Waals surface area contributed by atoms with E-state index in [4.69, 9.17) is 14.2 Å². The maximum absolute atomic E-state index is 12.4. The van der Waals surface area contributed by atoms with Crippen molar-refractivity contribution in [1.82, 2.24) is 10.3 Å². The average Bonchev–Trinajstić information content (AvgIpc) is 2.70. The minimum atomic E-state index is -4.44. The van der Waals surface area contributed by atoms with Crippen LogP contribution in [0.2, 0.25) is 0 Å². The summed E-state index contributed by atoms with van der Waals surface area (Å²) in [6.45, 7) is 0. The molecule has 0 bridgehead atoms. The SMILES string of the molecule is COc1cc(OC)cc(C(=O)NNS(=O)(=O)c2ccc(OC)cc2[N+](=O)[O-])c1. The summed E-state index contributed by atoms with van der Waals surface area (Å²) in [4.78, 5) is 23.8. The number of hydrogen-bond donors (Lipinski definition) is 2. The average molecular weight is 411 g/mol. The van der Waals surface area contributed by atoms with Crippen LogP contribution in [0.15, 0.2) is 41.3 Å². The van der Waals surface area contributed by atoms with Gasteiger partial charge in [-0.3, -0.25) is 20.3 Å². The number of methoxy groups -OCH3 is 3. The van der Waals surface area contributed by atoms with E-state index in [2.05, 4.69) is 0 Å². The maximum atomic E-state index is 12.4. The van der Waals surface area contributed by atoms with Gasteiger partial charge in [-0.05, 0) is 24.3 Å². The topological polar surface area (TPSA) is 146 Å². The Balaban J connectivity index is 2.27. The first-order chi connectivity index (χ1) is 13.2. The smallest absolute Gasteiger partial charge is 0.293 e. The van der Waals surface area contributed by atoms with E-state index < -0.39 is 31.4 Å². The number of carbonyl (C=O) groups excluding carboxylic acids is 1. The van der Waals surface area contributed by atoms with E-state index >= 15 is 0 Å². The first-order valence-corrected chi connectivity index (χ1v) is 9.07. The third-order valence-corrected chi connectivity index (χ3v) is 4.86. The number of carbonyl (C=O) groups is 1. The van der Waals surface area contributed by atoms with Crippen molar-refractivity contribution in [1.29, 1.82) is 0 Å². The zero-order valence-electron chi connectivity index (χ0n) is 15.1. The monoisotopic (exact) mass is 411 g/mol. The molecule has 0 aliphatic heterocycles. The molecule has 0 radical (unpaired) electrons. The number of hydrogen-bond acceptors (Lipinski definition) is 8. The lowest BCUT2D eigenvalue weighted by atomic mass is 10.2. The number of nitro benzene ring substituents is 1. The lowest BCUT2D eigenvalue weighted by molar-refractivity contribution is -0.387. The molecule has 0 spiro atoms. The third kappa shape index (κ3) is 4.66. The van der Waals surface area contributed by atoms with Crippen LogP contribution in [0.25, 0.3) is 0 Å². The van der Waals surface area contributed by atoms with Crippen molar-refractivity contribution in [3.8, 4) is 17.2 Å². The number of sulfonamides is 1. The molecule has 11 nitrogen and oxygen atoms in total.